The van der Waals surface area contributed by atoms with Crippen LogP contribution in [0.2, 0.25) is 0 Å². The molecule has 8 heteroatoms. The summed E-state index contributed by atoms with van der Waals surface area (Å²) in [5.41, 5.74) is -0.409. The van der Waals surface area contributed by atoms with Gasteiger partial charge >= 0.3 is 0 Å². The molecule has 0 spiro atoms. The summed E-state index contributed by atoms with van der Waals surface area (Å²) in [6.07, 6.45) is -1.70. The average Bonchev–Trinajstić information content (AvgIpc) is 2.78. The van der Waals surface area contributed by atoms with Gasteiger partial charge in [-0.1, -0.05) is 6.92 Å². The normalized spacial score (nSPS) is 22.1. The number of rotatable bonds is 4. The van der Waals surface area contributed by atoms with E-state index in [0.717, 1.165) is 11.3 Å². The van der Waals surface area contributed by atoms with Crippen molar-refractivity contribution in [1.29, 1.82) is 0 Å². The van der Waals surface area contributed by atoms with Crippen LogP contribution >= 0.6 is 11.3 Å². The molecule has 1 saturated heterocycles. The topological polar surface area (TPSA) is 46.6 Å². The van der Waals surface area contributed by atoms with E-state index in [1.165, 1.54) is 15.1 Å². The predicted octanol–water partition coefficient (Wildman–Crippen LogP) is 2.88. The molecule has 1 aliphatic heterocycles. The Morgan fingerprint density at radius 2 is 2.25 bits per heavy atom. The molecule has 2 rings (SSSR count). The molecule has 2 heterocycles. The lowest BCUT2D eigenvalue weighted by Crippen LogP contribution is -2.36. The smallest absolute Gasteiger partial charge is 0.265 e. The molecule has 1 atom stereocenters. The van der Waals surface area contributed by atoms with Gasteiger partial charge in [-0.2, -0.15) is 15.6 Å². The molecule has 114 valence electrons. The number of alkyl halides is 2. The maximum atomic E-state index is 12.9. The number of hydrogen-bond donors (Lipinski definition) is 0. The Labute approximate surface area is 121 Å². The number of hydrogen-bond acceptors (Lipinski definition) is 4. The van der Waals surface area contributed by atoms with Crippen LogP contribution in [0.3, 0.4) is 0 Å². The van der Waals surface area contributed by atoms with Crippen molar-refractivity contribution >= 4 is 21.4 Å². The van der Waals surface area contributed by atoms with Crippen LogP contribution in [0.25, 0.3) is 0 Å². The molecule has 0 amide bonds. The van der Waals surface area contributed by atoms with Gasteiger partial charge in [-0.3, -0.25) is 0 Å². The Bertz CT molecular complexity index is 545. The second kappa shape index (κ2) is 6.46. The van der Waals surface area contributed by atoms with Gasteiger partial charge in [-0.25, -0.2) is 17.2 Å². The molecule has 0 bridgehead atoms. The fraction of sp³-hybridized carbons (Fsp3) is 0.667. The lowest BCUT2D eigenvalue weighted by Gasteiger charge is -2.22. The lowest BCUT2D eigenvalue weighted by atomic mass is 10.3. The van der Waals surface area contributed by atoms with Crippen molar-refractivity contribution < 1.29 is 21.9 Å². The Hall–Kier alpha value is -0.570. The first-order valence-corrected chi connectivity index (χ1v) is 8.81. The Morgan fingerprint density at radius 1 is 1.50 bits per heavy atom. The number of halogens is 2. The summed E-state index contributed by atoms with van der Waals surface area (Å²) in [4.78, 5) is -0.269. The van der Waals surface area contributed by atoms with Gasteiger partial charge in [0.2, 0.25) is 10.0 Å². The first-order chi connectivity index (χ1) is 9.46. The maximum absolute atomic E-state index is 12.9. The molecule has 4 nitrogen and oxygen atoms in total. The molecule has 0 saturated carbocycles. The van der Waals surface area contributed by atoms with Crippen LogP contribution in [-0.2, 0) is 14.8 Å². The minimum absolute atomic E-state index is 0.180. The quantitative estimate of drug-likeness (QED) is 0.855. The second-order valence-corrected chi connectivity index (χ2v) is 7.26. The van der Waals surface area contributed by atoms with Crippen LogP contribution in [0.4, 0.5) is 8.78 Å². The summed E-state index contributed by atoms with van der Waals surface area (Å²) in [6.45, 7) is 2.93. The minimum atomic E-state index is -3.88. The Kier molecular flexibility index (Phi) is 5.11. The molecular weight excluding hydrogens is 308 g/mol. The van der Waals surface area contributed by atoms with E-state index in [2.05, 4.69) is 0 Å². The lowest BCUT2D eigenvalue weighted by molar-refractivity contribution is 0.0592. The summed E-state index contributed by atoms with van der Waals surface area (Å²) >= 11 is 0.980. The predicted molar refractivity (Wildman–Crippen MR) is 72.7 cm³/mol. The standard InChI is InChI=1S/C12H17F2NO3S2/c1-2-9-6-15(4-3-5-18-9)20(16,17)11-8-19-7-10(11)12(13)14/h7-9,12H,2-6H2,1H3. The maximum Gasteiger partial charge on any atom is 0.265 e. The summed E-state index contributed by atoms with van der Waals surface area (Å²) in [5, 5.41) is 2.48. The largest absolute Gasteiger partial charge is 0.377 e. The summed E-state index contributed by atoms with van der Waals surface area (Å²) in [7, 11) is -3.88. The third-order valence-electron chi connectivity index (χ3n) is 3.28. The molecule has 1 aromatic rings. The number of sulfonamides is 1. The van der Waals surface area contributed by atoms with Crippen LogP contribution in [0.5, 0.6) is 0 Å². The monoisotopic (exact) mass is 325 g/mol. The van der Waals surface area contributed by atoms with Gasteiger partial charge in [-0.15, -0.1) is 0 Å². The van der Waals surface area contributed by atoms with Crippen molar-refractivity contribution in [3.63, 3.8) is 0 Å². The Morgan fingerprint density at radius 3 is 2.90 bits per heavy atom. The van der Waals surface area contributed by atoms with Crippen LogP contribution in [0.15, 0.2) is 15.7 Å². The van der Waals surface area contributed by atoms with Gasteiger partial charge in [0.15, 0.2) is 0 Å². The SMILES string of the molecule is CCC1CN(S(=O)(=O)c2cscc2C(F)F)CCCO1. The molecule has 0 aromatic carbocycles. The molecule has 0 aliphatic carbocycles. The van der Waals surface area contributed by atoms with E-state index in [1.807, 2.05) is 6.92 Å². The van der Waals surface area contributed by atoms with Crippen molar-refractivity contribution in [2.24, 2.45) is 0 Å². The fourth-order valence-electron chi connectivity index (χ4n) is 2.13. The third kappa shape index (κ3) is 3.19. The molecule has 0 N–H and O–H groups in total. The highest BCUT2D eigenvalue weighted by molar-refractivity contribution is 7.89. The summed E-state index contributed by atoms with van der Waals surface area (Å²) in [5.74, 6) is 0. The van der Waals surface area contributed by atoms with Crippen molar-refractivity contribution in [1.82, 2.24) is 4.31 Å². The number of ether oxygens (including phenoxy) is 1. The van der Waals surface area contributed by atoms with Gasteiger partial charge < -0.3 is 4.74 Å². The van der Waals surface area contributed by atoms with Crippen molar-refractivity contribution in [2.75, 3.05) is 19.7 Å². The molecule has 0 radical (unpaired) electrons. The number of nitrogens with zero attached hydrogens (tertiary/aromatic N) is 1. The highest BCUT2D eigenvalue weighted by Crippen LogP contribution is 2.32. The van der Waals surface area contributed by atoms with E-state index < -0.39 is 22.0 Å². The van der Waals surface area contributed by atoms with E-state index in [0.29, 0.717) is 26.0 Å². The Balaban J connectivity index is 2.31. The van der Waals surface area contributed by atoms with E-state index >= 15 is 0 Å². The second-order valence-electron chi connectivity index (χ2n) is 4.61. The van der Waals surface area contributed by atoms with Crippen LogP contribution in [-0.4, -0.2) is 38.5 Å². The van der Waals surface area contributed by atoms with Crippen molar-refractivity contribution in [3.05, 3.63) is 16.3 Å². The van der Waals surface area contributed by atoms with E-state index in [9.17, 15) is 17.2 Å². The van der Waals surface area contributed by atoms with Gasteiger partial charge in [0.05, 0.1) is 6.10 Å². The first-order valence-electron chi connectivity index (χ1n) is 6.42. The van der Waals surface area contributed by atoms with E-state index in [-0.39, 0.29) is 17.5 Å². The molecule has 1 fully saturated rings. The molecular formula is C12H17F2NO3S2. The van der Waals surface area contributed by atoms with Crippen molar-refractivity contribution in [2.45, 2.75) is 37.2 Å². The summed E-state index contributed by atoms with van der Waals surface area (Å²) in [6, 6.07) is 0. The number of thiophene rings is 1. The van der Waals surface area contributed by atoms with Crippen molar-refractivity contribution in [3.8, 4) is 0 Å². The van der Waals surface area contributed by atoms with E-state index in [1.54, 1.807) is 0 Å². The minimum Gasteiger partial charge on any atom is -0.377 e. The highest BCUT2D eigenvalue weighted by atomic mass is 32.2. The van der Waals surface area contributed by atoms with Crippen LogP contribution in [0, 0.1) is 0 Å². The van der Waals surface area contributed by atoms with Gasteiger partial charge in [0.25, 0.3) is 6.43 Å². The fourth-order valence-corrected chi connectivity index (χ4v) is 5.02. The average molecular weight is 325 g/mol. The zero-order valence-corrected chi connectivity index (χ0v) is 12.7. The van der Waals surface area contributed by atoms with E-state index in [4.69, 9.17) is 4.74 Å². The zero-order valence-electron chi connectivity index (χ0n) is 11.1. The molecule has 1 aliphatic rings. The van der Waals surface area contributed by atoms with Gasteiger partial charge in [0, 0.05) is 36.0 Å². The summed E-state index contributed by atoms with van der Waals surface area (Å²) < 4.78 is 57.6. The zero-order chi connectivity index (χ0) is 14.8. The molecule has 20 heavy (non-hydrogen) atoms. The van der Waals surface area contributed by atoms with Gasteiger partial charge in [-0.05, 0) is 12.8 Å². The van der Waals surface area contributed by atoms with Crippen LogP contribution in [0.1, 0.15) is 31.8 Å². The van der Waals surface area contributed by atoms with Gasteiger partial charge in [0.1, 0.15) is 4.90 Å². The molecule has 1 unspecified atom stereocenters. The first kappa shape index (κ1) is 15.8. The highest BCUT2D eigenvalue weighted by Gasteiger charge is 2.32. The van der Waals surface area contributed by atoms with Crippen LogP contribution < -0.4 is 0 Å². The molecule has 1 aromatic heterocycles. The third-order valence-corrected chi connectivity index (χ3v) is 6.11.